The maximum atomic E-state index is 12.0. The fourth-order valence-electron chi connectivity index (χ4n) is 3.27. The van der Waals surface area contributed by atoms with Gasteiger partial charge in [-0.05, 0) is 52.0 Å². The van der Waals surface area contributed by atoms with Crippen LogP contribution in [0.2, 0.25) is 0 Å². The number of likely N-dealkylation sites (N-methyl/N-ethyl adjacent to an activating group) is 1. The SMILES string of the molecule is CN(C)C(=O)CNC(=NCc1ccccc1)NC1CCC(NC(=O)OC(C)(C)C)CC1.I. The van der Waals surface area contributed by atoms with E-state index in [0.717, 1.165) is 31.2 Å². The maximum absolute atomic E-state index is 12.0. The Morgan fingerprint density at radius 1 is 1.03 bits per heavy atom. The monoisotopic (exact) mass is 559 g/mol. The minimum absolute atomic E-state index is 0. The fraction of sp³-hybridized carbons (Fsp3) is 0.609. The highest BCUT2D eigenvalue weighted by atomic mass is 127. The molecule has 0 radical (unpaired) electrons. The summed E-state index contributed by atoms with van der Waals surface area (Å²) < 4.78 is 5.35. The normalized spacial score (nSPS) is 18.7. The van der Waals surface area contributed by atoms with Crippen LogP contribution < -0.4 is 16.0 Å². The Hall–Kier alpha value is -2.04. The number of rotatable bonds is 6. The third-order valence-electron chi connectivity index (χ3n) is 4.96. The summed E-state index contributed by atoms with van der Waals surface area (Å²) in [6.45, 7) is 6.29. The van der Waals surface area contributed by atoms with Crippen LogP contribution in [-0.2, 0) is 16.1 Å². The van der Waals surface area contributed by atoms with Gasteiger partial charge in [-0.25, -0.2) is 9.79 Å². The first-order valence-electron chi connectivity index (χ1n) is 10.9. The van der Waals surface area contributed by atoms with Gasteiger partial charge in [-0.1, -0.05) is 30.3 Å². The van der Waals surface area contributed by atoms with Gasteiger partial charge in [0.05, 0.1) is 13.1 Å². The third kappa shape index (κ3) is 11.0. The number of ether oxygens (including phenoxy) is 1. The molecular weight excluding hydrogens is 521 g/mol. The molecule has 180 valence electrons. The molecule has 0 bridgehead atoms. The number of nitrogens with zero attached hydrogens (tertiary/aromatic N) is 2. The zero-order valence-corrected chi connectivity index (χ0v) is 22.1. The number of aliphatic imine (C=N–C) groups is 1. The smallest absolute Gasteiger partial charge is 0.407 e. The van der Waals surface area contributed by atoms with Crippen LogP contribution >= 0.6 is 24.0 Å². The number of hydrogen-bond donors (Lipinski definition) is 3. The van der Waals surface area contributed by atoms with Crippen LogP contribution in [0.5, 0.6) is 0 Å². The van der Waals surface area contributed by atoms with Crippen molar-refractivity contribution in [2.75, 3.05) is 20.6 Å². The molecule has 0 atom stereocenters. The first-order chi connectivity index (χ1) is 14.6. The van der Waals surface area contributed by atoms with E-state index in [-0.39, 0.29) is 54.6 Å². The average Bonchev–Trinajstić information content (AvgIpc) is 2.70. The molecule has 9 heteroatoms. The van der Waals surface area contributed by atoms with Crippen LogP contribution in [0.15, 0.2) is 35.3 Å². The summed E-state index contributed by atoms with van der Waals surface area (Å²) >= 11 is 0. The number of benzene rings is 1. The van der Waals surface area contributed by atoms with E-state index in [1.807, 2.05) is 51.1 Å². The van der Waals surface area contributed by atoms with Crippen molar-refractivity contribution >= 4 is 41.9 Å². The second-order valence-corrected chi connectivity index (χ2v) is 9.13. The Labute approximate surface area is 209 Å². The van der Waals surface area contributed by atoms with Crippen molar-refractivity contribution in [3.8, 4) is 0 Å². The van der Waals surface area contributed by atoms with Crippen LogP contribution in [0, 0.1) is 0 Å². The molecule has 0 spiro atoms. The highest BCUT2D eigenvalue weighted by molar-refractivity contribution is 14.0. The van der Waals surface area contributed by atoms with Crippen LogP contribution in [-0.4, -0.2) is 61.2 Å². The Kier molecular flexibility index (Phi) is 11.8. The summed E-state index contributed by atoms with van der Waals surface area (Å²) in [6, 6.07) is 10.3. The number of carbonyl (C=O) groups excluding carboxylic acids is 2. The number of amides is 2. The number of nitrogens with one attached hydrogen (secondary N) is 3. The molecule has 32 heavy (non-hydrogen) atoms. The minimum atomic E-state index is -0.497. The van der Waals surface area contributed by atoms with Crippen molar-refractivity contribution in [2.24, 2.45) is 4.99 Å². The Balaban J connectivity index is 0.00000512. The zero-order valence-electron chi connectivity index (χ0n) is 19.8. The molecule has 2 amide bonds. The van der Waals surface area contributed by atoms with Crippen molar-refractivity contribution in [3.63, 3.8) is 0 Å². The molecule has 1 saturated carbocycles. The van der Waals surface area contributed by atoms with Gasteiger partial charge < -0.3 is 25.6 Å². The highest BCUT2D eigenvalue weighted by Gasteiger charge is 2.25. The van der Waals surface area contributed by atoms with Gasteiger partial charge in [-0.3, -0.25) is 4.79 Å². The van der Waals surface area contributed by atoms with E-state index < -0.39 is 5.60 Å². The van der Waals surface area contributed by atoms with Crippen molar-refractivity contribution in [3.05, 3.63) is 35.9 Å². The largest absolute Gasteiger partial charge is 0.444 e. The predicted octanol–water partition coefficient (Wildman–Crippen LogP) is 3.26. The van der Waals surface area contributed by atoms with Gasteiger partial charge in [-0.15, -0.1) is 24.0 Å². The van der Waals surface area contributed by atoms with Gasteiger partial charge in [0.15, 0.2) is 5.96 Å². The van der Waals surface area contributed by atoms with Gasteiger partial charge in [0.25, 0.3) is 0 Å². The van der Waals surface area contributed by atoms with E-state index in [9.17, 15) is 9.59 Å². The maximum Gasteiger partial charge on any atom is 0.407 e. The van der Waals surface area contributed by atoms with Crippen molar-refractivity contribution in [1.29, 1.82) is 0 Å². The number of guanidine groups is 1. The third-order valence-corrected chi connectivity index (χ3v) is 4.96. The molecular formula is C23H38IN5O3. The molecule has 1 aliphatic rings. The van der Waals surface area contributed by atoms with Crippen molar-refractivity contribution < 1.29 is 14.3 Å². The Morgan fingerprint density at radius 2 is 1.59 bits per heavy atom. The predicted molar refractivity (Wildman–Crippen MR) is 138 cm³/mol. The number of carbonyl (C=O) groups is 2. The summed E-state index contributed by atoms with van der Waals surface area (Å²) in [5, 5.41) is 9.57. The lowest BCUT2D eigenvalue weighted by Gasteiger charge is -2.31. The molecule has 0 saturated heterocycles. The molecule has 2 rings (SSSR count). The summed E-state index contributed by atoms with van der Waals surface area (Å²) in [5.41, 5.74) is 0.607. The number of alkyl carbamates (subject to hydrolysis) is 1. The van der Waals surface area contributed by atoms with Gasteiger partial charge >= 0.3 is 6.09 Å². The fourth-order valence-corrected chi connectivity index (χ4v) is 3.27. The standard InChI is InChI=1S/C23H37N5O3.HI/c1-23(2,3)31-22(30)27-19-13-11-18(12-14-19)26-21(25-16-20(29)28(4)5)24-15-17-9-7-6-8-10-17;/h6-10,18-19H,11-16H2,1-5H3,(H,27,30)(H2,24,25,26);1H. The van der Waals surface area contributed by atoms with Crippen molar-refractivity contribution in [2.45, 2.75) is 70.7 Å². The van der Waals surface area contributed by atoms with Crippen LogP contribution in [0.25, 0.3) is 0 Å². The number of halogens is 1. The lowest BCUT2D eigenvalue weighted by molar-refractivity contribution is -0.127. The van der Waals surface area contributed by atoms with E-state index in [0.29, 0.717) is 12.5 Å². The first-order valence-corrected chi connectivity index (χ1v) is 10.9. The van der Waals surface area contributed by atoms with Gasteiger partial charge in [-0.2, -0.15) is 0 Å². The summed E-state index contributed by atoms with van der Waals surface area (Å²) in [7, 11) is 3.47. The summed E-state index contributed by atoms with van der Waals surface area (Å²) in [4.78, 5) is 30.2. The quantitative estimate of drug-likeness (QED) is 0.283. The molecule has 1 fully saturated rings. The van der Waals surface area contributed by atoms with E-state index in [1.54, 1.807) is 19.0 Å². The van der Waals surface area contributed by atoms with Crippen LogP contribution in [0.1, 0.15) is 52.0 Å². The molecule has 0 heterocycles. The summed E-state index contributed by atoms with van der Waals surface area (Å²) in [5.74, 6) is 0.613. The Morgan fingerprint density at radius 3 is 2.12 bits per heavy atom. The zero-order chi connectivity index (χ0) is 22.9. The second-order valence-electron chi connectivity index (χ2n) is 9.13. The minimum Gasteiger partial charge on any atom is -0.444 e. The lowest BCUT2D eigenvalue weighted by atomic mass is 9.91. The average molecular weight is 559 g/mol. The lowest BCUT2D eigenvalue weighted by Crippen LogP contribution is -2.49. The topological polar surface area (TPSA) is 95.1 Å². The molecule has 0 aromatic heterocycles. The molecule has 0 aliphatic heterocycles. The Bertz CT molecular complexity index is 742. The molecule has 0 unspecified atom stereocenters. The molecule has 1 aromatic carbocycles. The number of hydrogen-bond acceptors (Lipinski definition) is 4. The highest BCUT2D eigenvalue weighted by Crippen LogP contribution is 2.19. The molecule has 8 nitrogen and oxygen atoms in total. The molecule has 3 N–H and O–H groups in total. The summed E-state index contributed by atoms with van der Waals surface area (Å²) in [6.07, 6.45) is 3.15. The van der Waals surface area contributed by atoms with Gasteiger partial charge in [0, 0.05) is 26.2 Å². The molecule has 1 aliphatic carbocycles. The van der Waals surface area contributed by atoms with E-state index in [1.165, 1.54) is 0 Å². The van der Waals surface area contributed by atoms with Crippen LogP contribution in [0.3, 0.4) is 0 Å². The first kappa shape index (κ1) is 28.0. The van der Waals surface area contributed by atoms with Crippen molar-refractivity contribution in [1.82, 2.24) is 20.9 Å². The van der Waals surface area contributed by atoms with Crippen LogP contribution in [0.4, 0.5) is 4.79 Å². The molecule has 1 aromatic rings. The van der Waals surface area contributed by atoms with E-state index in [4.69, 9.17) is 4.74 Å². The van der Waals surface area contributed by atoms with Gasteiger partial charge in [0.2, 0.25) is 5.91 Å². The second kappa shape index (κ2) is 13.5. The van der Waals surface area contributed by atoms with E-state index in [2.05, 4.69) is 20.9 Å². The van der Waals surface area contributed by atoms with Gasteiger partial charge in [0.1, 0.15) is 5.60 Å². The van der Waals surface area contributed by atoms with E-state index >= 15 is 0 Å².